The predicted molar refractivity (Wildman–Crippen MR) is 46.7 cm³/mol. The molecule has 0 aromatic heterocycles. The van der Waals surface area contributed by atoms with Gasteiger partial charge in [0.2, 0.25) is 0 Å². The summed E-state index contributed by atoms with van der Waals surface area (Å²) in [6.07, 6.45) is 0.919. The highest BCUT2D eigenvalue weighted by molar-refractivity contribution is 5.16. The van der Waals surface area contributed by atoms with Crippen molar-refractivity contribution in [3.05, 3.63) is 0 Å². The van der Waals surface area contributed by atoms with E-state index in [9.17, 15) is 0 Å². The highest BCUT2D eigenvalue weighted by atomic mass is 16.3. The number of hydrogen-bond donors (Lipinski definition) is 2. The Morgan fingerprint density at radius 3 is 1.25 bits per heavy atom. The van der Waals surface area contributed by atoms with E-state index in [4.69, 9.17) is 10.2 Å². The Kier molecular flexibility index (Phi) is 8.48. The van der Waals surface area contributed by atoms with Crippen LogP contribution >= 0.6 is 0 Å². The van der Waals surface area contributed by atoms with Crippen molar-refractivity contribution in [2.45, 2.75) is 12.8 Å². The summed E-state index contributed by atoms with van der Waals surface area (Å²) in [7, 11) is 0. The Bertz CT molecular complexity index is 244. The topological polar surface area (TPSA) is 40.5 Å². The van der Waals surface area contributed by atoms with E-state index in [1.54, 1.807) is 0 Å². The van der Waals surface area contributed by atoms with Gasteiger partial charge < -0.3 is 10.2 Å². The molecule has 0 fully saturated rings. The molecule has 0 saturated carbocycles. The summed E-state index contributed by atoms with van der Waals surface area (Å²) in [5, 5.41) is 16.5. The molecule has 0 aromatic rings. The molecule has 0 radical (unpaired) electrons. The van der Waals surface area contributed by atoms with Crippen LogP contribution in [-0.2, 0) is 0 Å². The van der Waals surface area contributed by atoms with Crippen LogP contribution < -0.4 is 0 Å². The van der Waals surface area contributed by atoms with Crippen molar-refractivity contribution in [2.75, 3.05) is 13.2 Å². The smallest absolute Gasteiger partial charge is 0.104 e. The van der Waals surface area contributed by atoms with Crippen LogP contribution in [0.15, 0.2) is 0 Å². The fourth-order valence-electron chi connectivity index (χ4n) is 0.450. The van der Waals surface area contributed by atoms with Gasteiger partial charge in [0.05, 0.1) is 12.8 Å². The van der Waals surface area contributed by atoms with Crippen molar-refractivity contribution in [1.29, 1.82) is 0 Å². The number of hydrogen-bond acceptors (Lipinski definition) is 2. The van der Waals surface area contributed by atoms with Crippen molar-refractivity contribution in [3.63, 3.8) is 0 Å². The van der Waals surface area contributed by atoms with Crippen molar-refractivity contribution in [1.82, 2.24) is 0 Å². The molecule has 0 spiro atoms. The van der Waals surface area contributed by atoms with Gasteiger partial charge in [-0.2, -0.15) is 0 Å². The third-order valence-corrected chi connectivity index (χ3v) is 0.887. The summed E-state index contributed by atoms with van der Waals surface area (Å²) >= 11 is 0. The van der Waals surface area contributed by atoms with Crippen molar-refractivity contribution < 1.29 is 10.2 Å². The first-order valence-electron chi connectivity index (χ1n) is 3.50. The first kappa shape index (κ1) is 10.6. The molecule has 0 amide bonds. The van der Waals surface area contributed by atoms with Crippen LogP contribution in [0.5, 0.6) is 0 Å². The van der Waals surface area contributed by atoms with Gasteiger partial charge in [-0.1, -0.05) is 35.5 Å². The van der Waals surface area contributed by atoms with Crippen molar-refractivity contribution >= 4 is 0 Å². The molecule has 0 aliphatic carbocycles. The van der Waals surface area contributed by atoms with E-state index >= 15 is 0 Å². The second-order valence-corrected chi connectivity index (χ2v) is 1.73. The lowest BCUT2D eigenvalue weighted by atomic mass is 10.3. The molecule has 12 heavy (non-hydrogen) atoms. The second kappa shape index (κ2) is 9.60. The molecule has 62 valence electrons. The molecule has 0 bridgehead atoms. The molecule has 2 N–H and O–H groups in total. The van der Waals surface area contributed by atoms with Crippen LogP contribution in [0.2, 0.25) is 0 Å². The van der Waals surface area contributed by atoms with E-state index in [1.807, 2.05) is 0 Å². The molecule has 0 heterocycles. The Balaban J connectivity index is 3.47. The molecule has 0 unspecified atom stereocenters. The lowest BCUT2D eigenvalue weighted by Gasteiger charge is -1.72. The fourth-order valence-corrected chi connectivity index (χ4v) is 0.450. The Hall–Kier alpha value is -1.40. The van der Waals surface area contributed by atoms with Crippen LogP contribution in [0.1, 0.15) is 12.8 Å². The van der Waals surface area contributed by atoms with E-state index < -0.39 is 0 Å². The van der Waals surface area contributed by atoms with Gasteiger partial charge in [0, 0.05) is 0 Å². The summed E-state index contributed by atoms with van der Waals surface area (Å²) in [5.41, 5.74) is 0. The van der Waals surface area contributed by atoms with Gasteiger partial charge in [0.15, 0.2) is 0 Å². The quantitative estimate of drug-likeness (QED) is 0.483. The molecule has 0 aliphatic heterocycles. The van der Waals surface area contributed by atoms with Gasteiger partial charge >= 0.3 is 0 Å². The van der Waals surface area contributed by atoms with Crippen LogP contribution in [0.4, 0.5) is 0 Å². The van der Waals surface area contributed by atoms with Gasteiger partial charge in [-0.3, -0.25) is 0 Å². The van der Waals surface area contributed by atoms with Crippen molar-refractivity contribution in [2.24, 2.45) is 0 Å². The molecule has 0 aromatic carbocycles. The average Bonchev–Trinajstić information content (AvgIpc) is 2.10. The Morgan fingerprint density at radius 2 is 0.917 bits per heavy atom. The highest BCUT2D eigenvalue weighted by Crippen LogP contribution is 1.73. The SMILES string of the molecule is OCC#CCC#CCC#CCO. The number of aliphatic hydroxyl groups excluding tert-OH is 2. The molecule has 0 rings (SSSR count). The van der Waals surface area contributed by atoms with E-state index in [-0.39, 0.29) is 13.2 Å². The Morgan fingerprint density at radius 1 is 0.583 bits per heavy atom. The predicted octanol–water partition coefficient (Wildman–Crippen LogP) is -0.239. The van der Waals surface area contributed by atoms with Gasteiger partial charge in [-0.15, -0.1) is 0 Å². The third-order valence-electron chi connectivity index (χ3n) is 0.887. The van der Waals surface area contributed by atoms with Crippen molar-refractivity contribution in [3.8, 4) is 35.5 Å². The standard InChI is InChI=1S/C10H10O2/c11-9-7-5-3-1-2-4-6-8-10-12/h11-12H,3-4,9-10H2. The zero-order valence-electron chi connectivity index (χ0n) is 6.72. The van der Waals surface area contributed by atoms with E-state index in [0.29, 0.717) is 12.8 Å². The molecule has 0 saturated heterocycles. The molecular weight excluding hydrogens is 152 g/mol. The maximum absolute atomic E-state index is 8.27. The number of rotatable bonds is 0. The monoisotopic (exact) mass is 162 g/mol. The van der Waals surface area contributed by atoms with E-state index in [2.05, 4.69) is 35.5 Å². The molecule has 2 heteroatoms. The summed E-state index contributed by atoms with van der Waals surface area (Å²) in [6, 6.07) is 0. The minimum atomic E-state index is -0.119. The summed E-state index contributed by atoms with van der Waals surface area (Å²) in [6.45, 7) is -0.238. The third kappa shape index (κ3) is 8.60. The van der Waals surface area contributed by atoms with Gasteiger partial charge in [-0.25, -0.2) is 0 Å². The normalized spacial score (nSPS) is 6.50. The van der Waals surface area contributed by atoms with Gasteiger partial charge in [-0.05, 0) is 0 Å². The average molecular weight is 162 g/mol. The largest absolute Gasteiger partial charge is 0.384 e. The summed E-state index contributed by atoms with van der Waals surface area (Å²) in [5.74, 6) is 15.8. The van der Waals surface area contributed by atoms with Crippen LogP contribution in [0, 0.1) is 35.5 Å². The van der Waals surface area contributed by atoms with Crippen LogP contribution in [-0.4, -0.2) is 23.4 Å². The molecule has 2 nitrogen and oxygen atoms in total. The highest BCUT2D eigenvalue weighted by Gasteiger charge is 1.67. The summed E-state index contributed by atoms with van der Waals surface area (Å²) in [4.78, 5) is 0. The van der Waals surface area contributed by atoms with E-state index in [1.165, 1.54) is 0 Å². The fraction of sp³-hybridized carbons (Fsp3) is 0.400. The molecule has 0 atom stereocenters. The van der Waals surface area contributed by atoms with Gasteiger partial charge in [0.25, 0.3) is 0 Å². The molecule has 0 aliphatic rings. The minimum absolute atomic E-state index is 0.119. The lowest BCUT2D eigenvalue weighted by Crippen LogP contribution is -1.71. The lowest BCUT2D eigenvalue weighted by molar-refractivity contribution is 0.350. The maximum atomic E-state index is 8.27. The maximum Gasteiger partial charge on any atom is 0.104 e. The first-order chi connectivity index (χ1) is 5.91. The minimum Gasteiger partial charge on any atom is -0.384 e. The first-order valence-corrected chi connectivity index (χ1v) is 3.50. The number of aliphatic hydroxyl groups is 2. The Labute approximate surface area is 72.6 Å². The van der Waals surface area contributed by atoms with E-state index in [0.717, 1.165) is 0 Å². The summed E-state index contributed by atoms with van der Waals surface area (Å²) < 4.78 is 0. The van der Waals surface area contributed by atoms with Crippen LogP contribution in [0.25, 0.3) is 0 Å². The molecular formula is C10H10O2. The second-order valence-electron chi connectivity index (χ2n) is 1.73. The zero-order valence-corrected chi connectivity index (χ0v) is 6.72. The zero-order chi connectivity index (χ0) is 9.07. The van der Waals surface area contributed by atoms with Crippen LogP contribution in [0.3, 0.4) is 0 Å². The van der Waals surface area contributed by atoms with Gasteiger partial charge in [0.1, 0.15) is 13.2 Å².